The molecule has 2 amide bonds. The van der Waals surface area contributed by atoms with Crippen molar-refractivity contribution < 1.29 is 28.6 Å². The third-order valence-corrected chi connectivity index (χ3v) is 3.30. The highest BCUT2D eigenvalue weighted by Crippen LogP contribution is 2.28. The zero-order valence-electron chi connectivity index (χ0n) is 15.7. The molecule has 0 fully saturated rings. The van der Waals surface area contributed by atoms with E-state index in [2.05, 4.69) is 5.32 Å². The summed E-state index contributed by atoms with van der Waals surface area (Å²) in [6, 6.07) is 4.81. The maximum absolute atomic E-state index is 12.3. The lowest BCUT2D eigenvalue weighted by Crippen LogP contribution is -2.40. The van der Waals surface area contributed by atoms with Gasteiger partial charge >= 0.3 is 5.97 Å². The average molecular weight is 366 g/mol. The summed E-state index contributed by atoms with van der Waals surface area (Å²) in [5.41, 5.74) is 0.345. The number of rotatable bonds is 10. The smallest absolute Gasteiger partial charge is 0.325 e. The normalized spacial score (nSPS) is 10.0. The summed E-state index contributed by atoms with van der Waals surface area (Å²) >= 11 is 0. The number of esters is 1. The van der Waals surface area contributed by atoms with Crippen molar-refractivity contribution in [3.63, 3.8) is 0 Å². The van der Waals surface area contributed by atoms with E-state index in [9.17, 15) is 14.4 Å². The van der Waals surface area contributed by atoms with E-state index >= 15 is 0 Å². The molecule has 0 radical (unpaired) electrons. The van der Waals surface area contributed by atoms with Crippen LogP contribution in [0.1, 0.15) is 31.1 Å². The first-order valence-corrected chi connectivity index (χ1v) is 8.50. The number of carbonyl (C=O) groups excluding carboxylic acids is 3. The first-order chi connectivity index (χ1) is 12.4. The van der Waals surface area contributed by atoms with Crippen molar-refractivity contribution in [3.8, 4) is 11.5 Å². The maximum Gasteiger partial charge on any atom is 0.325 e. The van der Waals surface area contributed by atoms with E-state index in [1.807, 2.05) is 13.8 Å². The molecule has 0 saturated carbocycles. The fourth-order valence-corrected chi connectivity index (χ4v) is 2.07. The van der Waals surface area contributed by atoms with Gasteiger partial charge in [0.25, 0.3) is 5.91 Å². The number of hydrogen-bond donors (Lipinski definition) is 1. The Morgan fingerprint density at radius 2 is 1.65 bits per heavy atom. The van der Waals surface area contributed by atoms with Gasteiger partial charge in [0.15, 0.2) is 11.5 Å². The van der Waals surface area contributed by atoms with Crippen LogP contribution < -0.4 is 14.8 Å². The van der Waals surface area contributed by atoms with E-state index in [4.69, 9.17) is 14.2 Å². The summed E-state index contributed by atoms with van der Waals surface area (Å²) in [7, 11) is 1.47. The molecule has 0 saturated heterocycles. The van der Waals surface area contributed by atoms with Crippen LogP contribution in [-0.2, 0) is 14.3 Å². The molecular weight excluding hydrogens is 340 g/mol. The van der Waals surface area contributed by atoms with Crippen LogP contribution in [0.5, 0.6) is 11.5 Å². The van der Waals surface area contributed by atoms with Crippen LogP contribution in [0.4, 0.5) is 0 Å². The molecule has 1 aromatic carbocycles. The number of amides is 2. The first-order valence-electron chi connectivity index (χ1n) is 8.50. The third-order valence-electron chi connectivity index (χ3n) is 3.30. The van der Waals surface area contributed by atoms with Crippen molar-refractivity contribution in [2.24, 2.45) is 0 Å². The number of hydrogen-bond acceptors (Lipinski definition) is 6. The number of likely N-dealkylation sites (N-methyl/N-ethyl adjacent to an activating group) is 1. The Hall–Kier alpha value is -2.77. The van der Waals surface area contributed by atoms with Crippen LogP contribution in [-0.4, -0.2) is 62.6 Å². The largest absolute Gasteiger partial charge is 0.490 e. The summed E-state index contributed by atoms with van der Waals surface area (Å²) in [5.74, 6) is -0.305. The lowest BCUT2D eigenvalue weighted by atomic mass is 10.2. The van der Waals surface area contributed by atoms with Crippen LogP contribution in [0, 0.1) is 0 Å². The van der Waals surface area contributed by atoms with E-state index in [-0.39, 0.29) is 19.7 Å². The molecule has 1 N–H and O–H groups in total. The minimum Gasteiger partial charge on any atom is -0.490 e. The van der Waals surface area contributed by atoms with Gasteiger partial charge in [-0.3, -0.25) is 14.4 Å². The van der Waals surface area contributed by atoms with Gasteiger partial charge in [0.05, 0.1) is 26.4 Å². The second-order valence-electron chi connectivity index (χ2n) is 5.27. The molecule has 0 aliphatic carbocycles. The van der Waals surface area contributed by atoms with Crippen LogP contribution in [0.3, 0.4) is 0 Å². The Labute approximate surface area is 153 Å². The quantitative estimate of drug-likeness (QED) is 0.626. The highest BCUT2D eigenvalue weighted by Gasteiger charge is 2.16. The van der Waals surface area contributed by atoms with Crippen molar-refractivity contribution >= 4 is 17.8 Å². The van der Waals surface area contributed by atoms with Crippen molar-refractivity contribution in [1.29, 1.82) is 0 Å². The Kier molecular flexibility index (Phi) is 8.97. The van der Waals surface area contributed by atoms with E-state index in [1.165, 1.54) is 11.9 Å². The first kappa shape index (κ1) is 21.3. The minimum atomic E-state index is -0.498. The van der Waals surface area contributed by atoms with Crippen molar-refractivity contribution in [2.45, 2.75) is 20.8 Å². The Morgan fingerprint density at radius 1 is 1.00 bits per heavy atom. The lowest BCUT2D eigenvalue weighted by molar-refractivity contribution is -0.147. The van der Waals surface area contributed by atoms with Crippen molar-refractivity contribution in [3.05, 3.63) is 23.8 Å². The van der Waals surface area contributed by atoms with Crippen molar-refractivity contribution in [1.82, 2.24) is 10.2 Å². The zero-order chi connectivity index (χ0) is 19.5. The molecule has 0 heterocycles. The molecule has 8 nitrogen and oxygen atoms in total. The fourth-order valence-electron chi connectivity index (χ4n) is 2.07. The topological polar surface area (TPSA) is 94.2 Å². The molecule has 0 aromatic heterocycles. The number of carbonyl (C=O) groups is 3. The third kappa shape index (κ3) is 6.62. The van der Waals surface area contributed by atoms with Gasteiger partial charge in [-0.15, -0.1) is 0 Å². The summed E-state index contributed by atoms with van der Waals surface area (Å²) in [4.78, 5) is 36.8. The van der Waals surface area contributed by atoms with E-state index in [1.54, 1.807) is 25.1 Å². The minimum absolute atomic E-state index is 0.167. The zero-order valence-corrected chi connectivity index (χ0v) is 15.7. The van der Waals surface area contributed by atoms with Gasteiger partial charge in [-0.25, -0.2) is 0 Å². The molecule has 26 heavy (non-hydrogen) atoms. The number of nitrogens with one attached hydrogen (secondary N) is 1. The number of benzene rings is 1. The standard InChI is InChI=1S/C18H26N2O6/c1-5-24-14-9-8-13(10-15(14)25-6-2)18(23)19-11-16(21)20(4)12-17(22)26-7-3/h8-10H,5-7,11-12H2,1-4H3,(H,19,23). The summed E-state index contributed by atoms with van der Waals surface area (Å²) in [6.07, 6.45) is 0. The van der Waals surface area contributed by atoms with Gasteiger partial charge in [-0.1, -0.05) is 0 Å². The second kappa shape index (κ2) is 11.0. The summed E-state index contributed by atoms with van der Waals surface area (Å²) in [6.45, 7) is 6.14. The molecule has 0 bridgehead atoms. The van der Waals surface area contributed by atoms with Gasteiger partial charge in [0, 0.05) is 12.6 Å². The molecule has 8 heteroatoms. The van der Waals surface area contributed by atoms with Gasteiger partial charge < -0.3 is 24.4 Å². The summed E-state index contributed by atoms with van der Waals surface area (Å²) < 4.78 is 15.7. The van der Waals surface area contributed by atoms with Gasteiger partial charge in [-0.05, 0) is 39.0 Å². The van der Waals surface area contributed by atoms with Crippen LogP contribution >= 0.6 is 0 Å². The molecule has 0 unspecified atom stereocenters. The monoisotopic (exact) mass is 366 g/mol. The fraction of sp³-hybridized carbons (Fsp3) is 0.500. The molecule has 144 valence electrons. The molecular formula is C18H26N2O6. The Balaban J connectivity index is 2.65. The molecule has 1 aromatic rings. The van der Waals surface area contributed by atoms with Gasteiger partial charge in [0.2, 0.25) is 5.91 Å². The van der Waals surface area contributed by atoms with Crippen LogP contribution in [0.25, 0.3) is 0 Å². The molecule has 1 rings (SSSR count). The molecule has 0 atom stereocenters. The highest BCUT2D eigenvalue weighted by molar-refractivity contribution is 5.97. The van der Waals surface area contributed by atoms with Crippen LogP contribution in [0.15, 0.2) is 18.2 Å². The Morgan fingerprint density at radius 3 is 2.27 bits per heavy atom. The highest BCUT2D eigenvalue weighted by atomic mass is 16.5. The van der Waals surface area contributed by atoms with Gasteiger partial charge in [-0.2, -0.15) is 0 Å². The SMILES string of the molecule is CCOC(=O)CN(C)C(=O)CNC(=O)c1ccc(OCC)c(OCC)c1. The Bertz CT molecular complexity index is 632. The number of ether oxygens (including phenoxy) is 3. The molecule has 0 aliphatic heterocycles. The average Bonchev–Trinajstić information content (AvgIpc) is 2.61. The maximum atomic E-state index is 12.3. The van der Waals surface area contributed by atoms with E-state index in [0.29, 0.717) is 30.3 Å². The van der Waals surface area contributed by atoms with Crippen molar-refractivity contribution in [2.75, 3.05) is 40.0 Å². The molecule has 0 aliphatic rings. The number of nitrogens with zero attached hydrogens (tertiary/aromatic N) is 1. The predicted octanol–water partition coefficient (Wildman–Crippen LogP) is 1.24. The lowest BCUT2D eigenvalue weighted by Gasteiger charge is -2.16. The summed E-state index contributed by atoms with van der Waals surface area (Å²) in [5, 5.41) is 2.53. The second-order valence-corrected chi connectivity index (χ2v) is 5.27. The van der Waals surface area contributed by atoms with Crippen LogP contribution in [0.2, 0.25) is 0 Å². The van der Waals surface area contributed by atoms with E-state index in [0.717, 1.165) is 0 Å². The van der Waals surface area contributed by atoms with E-state index < -0.39 is 17.8 Å². The molecule has 0 spiro atoms. The predicted molar refractivity (Wildman–Crippen MR) is 95.4 cm³/mol. The van der Waals surface area contributed by atoms with Gasteiger partial charge in [0.1, 0.15) is 6.54 Å².